The molecule has 7 atom stereocenters. The van der Waals surface area contributed by atoms with E-state index in [0.29, 0.717) is 45.2 Å². The van der Waals surface area contributed by atoms with Crippen molar-refractivity contribution in [2.75, 3.05) is 26.2 Å². The monoisotopic (exact) mass is 730 g/mol. The number of unbranched alkanes of at least 4 members (excludes halogenated alkanes) is 2. The number of carboxylic acids is 1. The van der Waals surface area contributed by atoms with Crippen LogP contribution in [0.1, 0.15) is 72.1 Å². The molecule has 0 aliphatic rings. The molecule has 18 N–H and O–H groups in total. The fourth-order valence-electron chi connectivity index (χ4n) is 4.37. The Morgan fingerprint density at radius 2 is 0.980 bits per heavy atom. The highest BCUT2D eigenvalue weighted by atomic mass is 16.4. The Morgan fingerprint density at radius 1 is 0.569 bits per heavy atom. The zero-order chi connectivity index (χ0) is 39.1. The number of amides is 6. The van der Waals surface area contributed by atoms with Crippen LogP contribution in [0.4, 0.5) is 0 Å². The summed E-state index contributed by atoms with van der Waals surface area (Å²) in [5.74, 6) is -6.16. The molecule has 6 amide bonds. The molecule has 0 spiro atoms. The van der Waals surface area contributed by atoms with Gasteiger partial charge in [0.05, 0.1) is 12.6 Å². The van der Waals surface area contributed by atoms with Crippen LogP contribution < -0.4 is 60.6 Å². The Labute approximate surface area is 297 Å². The quantitative estimate of drug-likeness (QED) is 0.0225. The van der Waals surface area contributed by atoms with Gasteiger partial charge in [0.15, 0.2) is 5.96 Å². The van der Waals surface area contributed by atoms with Crippen LogP contribution in [0.3, 0.4) is 0 Å². The average Bonchev–Trinajstić information content (AvgIpc) is 3.07. The summed E-state index contributed by atoms with van der Waals surface area (Å²) in [4.78, 5) is 92.3. The Morgan fingerprint density at radius 3 is 1.47 bits per heavy atom. The molecule has 51 heavy (non-hydrogen) atoms. The second-order valence-corrected chi connectivity index (χ2v) is 12.0. The SMILES string of the molecule is C[C@H](NC(=O)[C@H](C)NC(=O)[C@H](CO)NC(=O)[C@H](C)NC(=O)[C@H](CCCN=C(N)N)NC(=O)[C@H](CCCCN)NC(=O)[C@@H](N)CCCCN)C(=O)O. The second-order valence-electron chi connectivity index (χ2n) is 12.0. The summed E-state index contributed by atoms with van der Waals surface area (Å²) in [5.41, 5.74) is 27.9. The highest BCUT2D eigenvalue weighted by Crippen LogP contribution is 2.07. The summed E-state index contributed by atoms with van der Waals surface area (Å²) in [5, 5.41) is 33.1. The van der Waals surface area contributed by atoms with Crippen LogP contribution >= 0.6 is 0 Å². The molecule has 0 unspecified atom stereocenters. The van der Waals surface area contributed by atoms with Gasteiger partial charge in [0.25, 0.3) is 0 Å². The van der Waals surface area contributed by atoms with Crippen LogP contribution in [0, 0.1) is 0 Å². The van der Waals surface area contributed by atoms with E-state index in [4.69, 9.17) is 33.8 Å². The summed E-state index contributed by atoms with van der Waals surface area (Å²) in [6.07, 6.45) is 3.16. The topological polar surface area (TPSA) is 375 Å². The van der Waals surface area contributed by atoms with Gasteiger partial charge in [0, 0.05) is 6.54 Å². The lowest BCUT2D eigenvalue weighted by molar-refractivity contribution is -0.141. The fourth-order valence-corrected chi connectivity index (χ4v) is 4.37. The molecule has 21 nitrogen and oxygen atoms in total. The predicted octanol–water partition coefficient (Wildman–Crippen LogP) is -5.33. The zero-order valence-corrected chi connectivity index (χ0v) is 29.6. The van der Waals surface area contributed by atoms with Gasteiger partial charge >= 0.3 is 5.97 Å². The van der Waals surface area contributed by atoms with Crippen LogP contribution in [0.5, 0.6) is 0 Å². The van der Waals surface area contributed by atoms with Gasteiger partial charge in [-0.1, -0.05) is 6.42 Å². The van der Waals surface area contributed by atoms with Gasteiger partial charge in [0.2, 0.25) is 35.4 Å². The predicted molar refractivity (Wildman–Crippen MR) is 187 cm³/mol. The molecule has 0 heterocycles. The summed E-state index contributed by atoms with van der Waals surface area (Å²) in [6.45, 7) is 3.83. The molecule has 0 aliphatic carbocycles. The summed E-state index contributed by atoms with van der Waals surface area (Å²) in [6, 6.07) is -8.45. The Bertz CT molecular complexity index is 1190. The van der Waals surface area contributed by atoms with Crippen LogP contribution in [-0.4, -0.2) is 126 Å². The molecule has 0 fully saturated rings. The van der Waals surface area contributed by atoms with Crippen LogP contribution in [0.2, 0.25) is 0 Å². The van der Waals surface area contributed by atoms with Crippen molar-refractivity contribution in [2.45, 2.75) is 114 Å². The molecule has 0 aliphatic heterocycles. The average molecular weight is 731 g/mol. The van der Waals surface area contributed by atoms with Crippen LogP contribution in [-0.2, 0) is 33.6 Å². The standard InChI is InChI=1S/C30H58N12O9/c1-16(23(44)39-18(3)29(50)51)38-28(49)22(15-43)42-24(45)17(2)37-26(47)21(11-8-14-36-30(34)35)41-27(48)20(10-5-7-13-32)40-25(46)19(33)9-4-6-12-31/h16-22,43H,4-15,31-33H2,1-3H3,(H,37,47)(H,38,49)(H,39,44)(H,40,46)(H,41,48)(H,42,45)(H,50,51)(H4,34,35,36)/t16-,17-,18-,19-,20-,21-,22-/m0/s1. The normalized spacial score (nSPS) is 15.0. The molecule has 0 aromatic carbocycles. The van der Waals surface area contributed by atoms with Crippen molar-refractivity contribution >= 4 is 47.4 Å². The van der Waals surface area contributed by atoms with E-state index < -0.39 is 90.3 Å². The highest BCUT2D eigenvalue weighted by Gasteiger charge is 2.31. The number of aliphatic hydroxyl groups excluding tert-OH is 1. The first kappa shape index (κ1) is 46.4. The number of aliphatic hydroxyl groups is 1. The lowest BCUT2D eigenvalue weighted by Gasteiger charge is -2.26. The first-order valence-electron chi connectivity index (χ1n) is 16.9. The fraction of sp³-hybridized carbons (Fsp3) is 0.733. The number of hydrogen-bond acceptors (Lipinski definition) is 12. The maximum absolute atomic E-state index is 13.4. The summed E-state index contributed by atoms with van der Waals surface area (Å²) < 4.78 is 0. The maximum Gasteiger partial charge on any atom is 0.325 e. The number of carboxylic acid groups (broad SMARTS) is 1. The van der Waals surface area contributed by atoms with Gasteiger partial charge < -0.3 is 70.8 Å². The van der Waals surface area contributed by atoms with Crippen molar-refractivity contribution in [3.8, 4) is 0 Å². The van der Waals surface area contributed by atoms with Gasteiger partial charge in [-0.05, 0) is 78.8 Å². The molecule has 0 saturated heterocycles. The van der Waals surface area contributed by atoms with E-state index in [2.05, 4.69) is 36.9 Å². The summed E-state index contributed by atoms with van der Waals surface area (Å²) in [7, 11) is 0. The van der Waals surface area contributed by atoms with Gasteiger partial charge in [-0.15, -0.1) is 0 Å². The van der Waals surface area contributed by atoms with Gasteiger partial charge in [0.1, 0.15) is 36.3 Å². The number of carbonyl (C=O) groups excluding carboxylic acids is 6. The Hall–Kier alpha value is -4.60. The third-order valence-corrected chi connectivity index (χ3v) is 7.51. The first-order valence-corrected chi connectivity index (χ1v) is 16.9. The lowest BCUT2D eigenvalue weighted by Crippen LogP contribution is -2.59. The molecule has 0 aromatic heterocycles. The first-order chi connectivity index (χ1) is 24.0. The molecule has 0 aromatic rings. The molecular formula is C30H58N12O9. The lowest BCUT2D eigenvalue weighted by atomic mass is 10.0. The molecular weight excluding hydrogens is 672 g/mol. The zero-order valence-electron chi connectivity index (χ0n) is 29.6. The number of rotatable bonds is 26. The number of nitrogens with one attached hydrogen (secondary N) is 6. The van der Waals surface area contributed by atoms with Crippen LogP contribution in [0.15, 0.2) is 4.99 Å². The molecule has 21 heteroatoms. The molecule has 0 radical (unpaired) electrons. The van der Waals surface area contributed by atoms with Gasteiger partial charge in [-0.2, -0.15) is 0 Å². The van der Waals surface area contributed by atoms with E-state index in [1.54, 1.807) is 0 Å². The number of guanidine groups is 1. The molecule has 0 saturated carbocycles. The molecule has 292 valence electrons. The number of hydrogen-bond donors (Lipinski definition) is 13. The minimum absolute atomic E-state index is 0.0207. The van der Waals surface area contributed by atoms with Gasteiger partial charge in [-0.3, -0.25) is 38.6 Å². The Kier molecular flexibility index (Phi) is 23.1. The van der Waals surface area contributed by atoms with Crippen molar-refractivity contribution in [3.63, 3.8) is 0 Å². The van der Waals surface area contributed by atoms with E-state index >= 15 is 0 Å². The van der Waals surface area contributed by atoms with E-state index in [1.807, 2.05) is 0 Å². The molecule has 0 bridgehead atoms. The third-order valence-electron chi connectivity index (χ3n) is 7.51. The highest BCUT2D eigenvalue weighted by molar-refractivity contribution is 5.96. The number of carbonyl (C=O) groups is 7. The maximum atomic E-state index is 13.4. The van der Waals surface area contributed by atoms with Gasteiger partial charge in [-0.25, -0.2) is 0 Å². The second kappa shape index (κ2) is 25.4. The van der Waals surface area contributed by atoms with Crippen molar-refractivity contribution in [1.29, 1.82) is 0 Å². The summed E-state index contributed by atoms with van der Waals surface area (Å²) >= 11 is 0. The number of nitrogens with zero attached hydrogens (tertiary/aromatic N) is 1. The minimum Gasteiger partial charge on any atom is -0.480 e. The van der Waals surface area contributed by atoms with Crippen molar-refractivity contribution in [3.05, 3.63) is 0 Å². The number of aliphatic imine (C=N–C) groups is 1. The number of nitrogens with two attached hydrogens (primary N) is 5. The third kappa shape index (κ3) is 19.4. The van der Waals surface area contributed by atoms with E-state index in [-0.39, 0.29) is 31.8 Å². The smallest absolute Gasteiger partial charge is 0.325 e. The minimum atomic E-state index is -1.54. The van der Waals surface area contributed by atoms with Crippen molar-refractivity contribution < 1.29 is 43.8 Å². The molecule has 0 rings (SSSR count). The van der Waals surface area contributed by atoms with Crippen LogP contribution in [0.25, 0.3) is 0 Å². The van der Waals surface area contributed by atoms with Crippen molar-refractivity contribution in [1.82, 2.24) is 31.9 Å². The number of aliphatic carboxylic acids is 1. The van der Waals surface area contributed by atoms with E-state index in [0.717, 1.165) is 0 Å². The van der Waals surface area contributed by atoms with Crippen molar-refractivity contribution in [2.24, 2.45) is 33.7 Å². The largest absolute Gasteiger partial charge is 0.480 e. The van der Waals surface area contributed by atoms with E-state index in [1.165, 1.54) is 20.8 Å². The Balaban J connectivity index is 5.72. The van der Waals surface area contributed by atoms with E-state index in [9.17, 15) is 38.7 Å².